The van der Waals surface area contributed by atoms with Crippen molar-refractivity contribution < 1.29 is 14.3 Å². The van der Waals surface area contributed by atoms with Crippen molar-refractivity contribution >= 4 is 11.7 Å². The van der Waals surface area contributed by atoms with Crippen molar-refractivity contribution in [3.63, 3.8) is 0 Å². The zero-order valence-electron chi connectivity index (χ0n) is 10.0. The van der Waals surface area contributed by atoms with Gasteiger partial charge in [0.05, 0.1) is 19.0 Å². The summed E-state index contributed by atoms with van der Waals surface area (Å²) in [6, 6.07) is 6.16. The zero-order valence-corrected chi connectivity index (χ0v) is 10.0. The first-order chi connectivity index (χ1) is 9.11. The predicted octanol–water partition coefficient (Wildman–Crippen LogP) is 0.931. The van der Waals surface area contributed by atoms with Gasteiger partial charge < -0.3 is 20.2 Å². The average molecular weight is 261 g/mol. The van der Waals surface area contributed by atoms with Gasteiger partial charge in [0, 0.05) is 0 Å². The van der Waals surface area contributed by atoms with Crippen LogP contribution in [0, 0.1) is 0 Å². The first-order valence-corrected chi connectivity index (χ1v) is 5.31. The minimum Gasteiger partial charge on any atom is -0.465 e. The molecule has 0 amide bonds. The van der Waals surface area contributed by atoms with Crippen LogP contribution >= 0.6 is 0 Å². The lowest BCUT2D eigenvalue weighted by molar-refractivity contribution is 0.0600. The number of H-pyrrole nitrogens is 1. The molecule has 7 heteroatoms. The van der Waals surface area contributed by atoms with Crippen LogP contribution in [0.15, 0.2) is 35.4 Å². The lowest BCUT2D eigenvalue weighted by Gasteiger charge is -2.06. The fourth-order valence-electron chi connectivity index (χ4n) is 1.36. The van der Waals surface area contributed by atoms with E-state index in [-0.39, 0.29) is 11.6 Å². The monoisotopic (exact) mass is 261 g/mol. The van der Waals surface area contributed by atoms with Gasteiger partial charge in [-0.05, 0) is 24.3 Å². The summed E-state index contributed by atoms with van der Waals surface area (Å²) < 4.78 is 9.92. The number of ether oxygens (including phenoxy) is 2. The van der Waals surface area contributed by atoms with E-state index in [1.165, 1.54) is 25.6 Å². The number of aromatic nitrogens is 2. The molecule has 0 saturated carbocycles. The number of rotatable bonds is 3. The van der Waals surface area contributed by atoms with E-state index in [1.807, 2.05) is 0 Å². The van der Waals surface area contributed by atoms with E-state index < -0.39 is 11.5 Å². The molecule has 2 aromatic rings. The number of carbonyl (C=O) groups excluding carboxylic acids is 1. The second-order valence-electron chi connectivity index (χ2n) is 3.57. The number of carbonyl (C=O) groups is 1. The van der Waals surface area contributed by atoms with Crippen LogP contribution in [0.25, 0.3) is 0 Å². The first-order valence-electron chi connectivity index (χ1n) is 5.31. The zero-order chi connectivity index (χ0) is 13.8. The summed E-state index contributed by atoms with van der Waals surface area (Å²) in [6.45, 7) is 0. The summed E-state index contributed by atoms with van der Waals surface area (Å²) in [6.07, 6.45) is 1.19. The minimum absolute atomic E-state index is 0.00886. The largest absolute Gasteiger partial charge is 0.465 e. The standard InChI is InChI=1S/C12H11N3O4/c1-18-12(17)7-2-4-8(5-3-7)19-11-9(13)10(16)14-6-15-11/h2-6H,13H2,1H3,(H,14,15,16). The molecule has 0 fully saturated rings. The molecule has 1 aromatic heterocycles. The van der Waals surface area contributed by atoms with Crippen LogP contribution in [0.4, 0.5) is 5.69 Å². The van der Waals surface area contributed by atoms with Crippen molar-refractivity contribution in [3.05, 3.63) is 46.5 Å². The number of hydrogen-bond donors (Lipinski definition) is 2. The number of anilines is 1. The molecule has 2 rings (SSSR count). The van der Waals surface area contributed by atoms with Gasteiger partial charge in [0.25, 0.3) is 5.56 Å². The molecule has 0 atom stereocenters. The minimum atomic E-state index is -0.476. The van der Waals surface area contributed by atoms with Crippen molar-refractivity contribution in [1.29, 1.82) is 0 Å². The lowest BCUT2D eigenvalue weighted by Crippen LogP contribution is -2.13. The fraction of sp³-hybridized carbons (Fsp3) is 0.0833. The van der Waals surface area contributed by atoms with E-state index in [0.29, 0.717) is 11.3 Å². The number of nitrogens with two attached hydrogens (primary N) is 1. The number of nitrogen functional groups attached to an aromatic ring is 1. The topological polar surface area (TPSA) is 107 Å². The highest BCUT2D eigenvalue weighted by molar-refractivity contribution is 5.89. The Balaban J connectivity index is 2.22. The van der Waals surface area contributed by atoms with E-state index in [1.54, 1.807) is 12.1 Å². The molecule has 7 nitrogen and oxygen atoms in total. The molecule has 3 N–H and O–H groups in total. The highest BCUT2D eigenvalue weighted by Gasteiger charge is 2.08. The van der Waals surface area contributed by atoms with E-state index in [9.17, 15) is 9.59 Å². The Labute approximate surface area is 108 Å². The Bertz CT molecular complexity index is 649. The molecule has 0 bridgehead atoms. The van der Waals surface area contributed by atoms with Crippen LogP contribution < -0.4 is 16.0 Å². The molecule has 0 spiro atoms. The first kappa shape index (κ1) is 12.6. The Hall–Kier alpha value is -2.83. The van der Waals surface area contributed by atoms with E-state index in [2.05, 4.69) is 14.7 Å². The molecule has 1 aromatic carbocycles. The van der Waals surface area contributed by atoms with Crippen molar-refractivity contribution in [2.45, 2.75) is 0 Å². The van der Waals surface area contributed by atoms with Gasteiger partial charge in [-0.2, -0.15) is 0 Å². The third-order valence-corrected chi connectivity index (χ3v) is 2.34. The number of benzene rings is 1. The number of methoxy groups -OCH3 is 1. The van der Waals surface area contributed by atoms with Crippen molar-refractivity contribution in [3.8, 4) is 11.6 Å². The van der Waals surface area contributed by atoms with Gasteiger partial charge in [-0.15, -0.1) is 0 Å². The Morgan fingerprint density at radius 1 is 1.32 bits per heavy atom. The van der Waals surface area contributed by atoms with Crippen molar-refractivity contribution in [1.82, 2.24) is 9.97 Å². The molecular weight excluding hydrogens is 250 g/mol. The molecule has 0 unspecified atom stereocenters. The summed E-state index contributed by atoms with van der Waals surface area (Å²) in [4.78, 5) is 28.6. The molecule has 0 saturated heterocycles. The van der Waals surface area contributed by atoms with Crippen LogP contribution in [0.3, 0.4) is 0 Å². The fourth-order valence-corrected chi connectivity index (χ4v) is 1.36. The summed E-state index contributed by atoms with van der Waals surface area (Å²) in [7, 11) is 1.30. The van der Waals surface area contributed by atoms with Crippen LogP contribution in [-0.4, -0.2) is 23.0 Å². The SMILES string of the molecule is COC(=O)c1ccc(Oc2nc[nH]c(=O)c2N)cc1. The van der Waals surface area contributed by atoms with Crippen LogP contribution in [0.5, 0.6) is 11.6 Å². The van der Waals surface area contributed by atoms with Gasteiger partial charge in [-0.1, -0.05) is 0 Å². The maximum atomic E-state index is 11.3. The van der Waals surface area contributed by atoms with Crippen molar-refractivity contribution in [2.24, 2.45) is 0 Å². The van der Waals surface area contributed by atoms with Gasteiger partial charge in [0.1, 0.15) is 5.75 Å². The quantitative estimate of drug-likeness (QED) is 0.796. The number of nitrogens with zero attached hydrogens (tertiary/aromatic N) is 1. The molecule has 0 aliphatic carbocycles. The molecule has 0 aliphatic heterocycles. The van der Waals surface area contributed by atoms with E-state index in [4.69, 9.17) is 10.5 Å². The second-order valence-corrected chi connectivity index (χ2v) is 3.57. The predicted molar refractivity (Wildman–Crippen MR) is 67.1 cm³/mol. The molecule has 0 radical (unpaired) electrons. The third kappa shape index (κ3) is 2.71. The summed E-state index contributed by atoms with van der Waals surface area (Å²) in [5.41, 5.74) is 5.33. The Morgan fingerprint density at radius 3 is 2.63 bits per heavy atom. The van der Waals surface area contributed by atoms with Crippen LogP contribution in [0.2, 0.25) is 0 Å². The van der Waals surface area contributed by atoms with Gasteiger partial charge in [-0.25, -0.2) is 9.78 Å². The number of aromatic amines is 1. The summed E-state index contributed by atoms with van der Waals surface area (Å²) in [5.74, 6) is -0.0348. The maximum absolute atomic E-state index is 11.3. The number of esters is 1. The summed E-state index contributed by atoms with van der Waals surface area (Å²) in [5, 5.41) is 0. The molecule has 19 heavy (non-hydrogen) atoms. The lowest BCUT2D eigenvalue weighted by atomic mass is 10.2. The third-order valence-electron chi connectivity index (χ3n) is 2.34. The molecular formula is C12H11N3O4. The normalized spacial score (nSPS) is 9.95. The average Bonchev–Trinajstić information content (AvgIpc) is 2.44. The molecule has 0 aliphatic rings. The smallest absolute Gasteiger partial charge is 0.337 e. The van der Waals surface area contributed by atoms with Gasteiger partial charge in [0.2, 0.25) is 5.88 Å². The Morgan fingerprint density at radius 2 is 2.00 bits per heavy atom. The molecule has 98 valence electrons. The van der Waals surface area contributed by atoms with Crippen LogP contribution in [0.1, 0.15) is 10.4 Å². The highest BCUT2D eigenvalue weighted by atomic mass is 16.5. The summed E-state index contributed by atoms with van der Waals surface area (Å²) >= 11 is 0. The van der Waals surface area contributed by atoms with E-state index in [0.717, 1.165) is 0 Å². The number of hydrogen-bond acceptors (Lipinski definition) is 6. The van der Waals surface area contributed by atoms with Crippen LogP contribution in [-0.2, 0) is 4.74 Å². The highest BCUT2D eigenvalue weighted by Crippen LogP contribution is 2.22. The van der Waals surface area contributed by atoms with Crippen molar-refractivity contribution in [2.75, 3.05) is 12.8 Å². The van der Waals surface area contributed by atoms with Gasteiger partial charge in [0.15, 0.2) is 5.69 Å². The Kier molecular flexibility index (Phi) is 3.46. The number of nitrogens with one attached hydrogen (secondary N) is 1. The maximum Gasteiger partial charge on any atom is 0.337 e. The molecule has 1 heterocycles. The van der Waals surface area contributed by atoms with Gasteiger partial charge in [-0.3, -0.25) is 4.79 Å². The van der Waals surface area contributed by atoms with Gasteiger partial charge >= 0.3 is 5.97 Å². The second kappa shape index (κ2) is 5.21. The van der Waals surface area contributed by atoms with E-state index >= 15 is 0 Å².